The Morgan fingerprint density at radius 2 is 1.98 bits per heavy atom. The number of halogens is 3. The van der Waals surface area contributed by atoms with Crippen LogP contribution in [-0.2, 0) is 9.73 Å². The van der Waals surface area contributed by atoms with Crippen molar-refractivity contribution in [3.05, 3.63) is 66.9 Å². The van der Waals surface area contributed by atoms with E-state index in [0.29, 0.717) is 24.6 Å². The highest BCUT2D eigenvalue weighted by Crippen LogP contribution is 2.29. The number of carbonyl (C=O) groups is 1. The predicted molar refractivity (Wildman–Crippen MR) is 163 cm³/mol. The minimum Gasteiger partial charge on any atom is -0.369 e. The minimum absolute atomic E-state index is 0.191. The van der Waals surface area contributed by atoms with Gasteiger partial charge >= 0.3 is 6.18 Å². The number of pyridine rings is 1. The molecule has 0 saturated carbocycles. The normalized spacial score (nSPS) is 15.5. The highest BCUT2D eigenvalue weighted by atomic mass is 32.2. The molecule has 1 aromatic carbocycles. The molecule has 1 saturated heterocycles. The molecule has 1 fully saturated rings. The Hall–Kier alpha value is -4.24. The van der Waals surface area contributed by atoms with E-state index in [1.54, 1.807) is 48.4 Å². The van der Waals surface area contributed by atoms with Crippen LogP contribution in [0.3, 0.4) is 0 Å². The average molecular weight is 618 g/mol. The van der Waals surface area contributed by atoms with E-state index < -0.39 is 34.3 Å². The lowest BCUT2D eigenvalue weighted by Crippen LogP contribution is -2.52. The van der Waals surface area contributed by atoms with E-state index in [0.717, 1.165) is 5.69 Å². The highest BCUT2D eigenvalue weighted by molar-refractivity contribution is 7.92. The van der Waals surface area contributed by atoms with Crippen LogP contribution in [0, 0.1) is 0 Å². The van der Waals surface area contributed by atoms with E-state index in [2.05, 4.69) is 41.8 Å². The summed E-state index contributed by atoms with van der Waals surface area (Å²) in [7, 11) is -0.758. The molecule has 0 spiro atoms. The molecule has 1 unspecified atom stereocenters. The summed E-state index contributed by atoms with van der Waals surface area (Å²) in [6, 6.07) is 11.6. The summed E-state index contributed by atoms with van der Waals surface area (Å²) in [5.41, 5.74) is 1.63. The second kappa shape index (κ2) is 13.4. The number of piperazine rings is 1. The summed E-state index contributed by atoms with van der Waals surface area (Å²) in [6.07, 6.45) is 0.858. The Balaban J connectivity index is 1.57. The van der Waals surface area contributed by atoms with Crippen molar-refractivity contribution in [1.82, 2.24) is 25.6 Å². The first-order chi connectivity index (χ1) is 20.3. The van der Waals surface area contributed by atoms with Gasteiger partial charge < -0.3 is 25.8 Å². The van der Waals surface area contributed by atoms with Gasteiger partial charge in [0.1, 0.15) is 11.4 Å². The van der Waals surface area contributed by atoms with Gasteiger partial charge in [-0.05, 0) is 36.4 Å². The number of alkyl halides is 3. The number of benzene rings is 1. The zero-order valence-corrected chi connectivity index (χ0v) is 24.9. The first-order valence-corrected chi connectivity index (χ1v) is 15.7. The third kappa shape index (κ3) is 9.12. The van der Waals surface area contributed by atoms with Crippen molar-refractivity contribution in [2.45, 2.75) is 18.6 Å². The number of aromatic nitrogens is 3. The molecule has 11 nitrogen and oxygen atoms in total. The Bertz CT molecular complexity index is 1570. The van der Waals surface area contributed by atoms with Gasteiger partial charge in [0, 0.05) is 79.1 Å². The standard InChI is InChI=1S/C28H34F3N9O2S/c1-5-13-33-26(41)22-17-34-27(37-25(22)39(2)24-8-6-7-23(36-24)38-43(3,4)42)35-19-9-11-21(12-10-19)40-15-14-32-20(18-40)16-28(29,30)31/h5-12,17,20,32H,1,13-16,18H2,2-4H3,(H,33,41)(H,34,35,37). The lowest BCUT2D eigenvalue weighted by molar-refractivity contribution is -0.139. The van der Waals surface area contributed by atoms with Gasteiger partial charge in [-0.15, -0.1) is 6.58 Å². The van der Waals surface area contributed by atoms with Crippen molar-refractivity contribution >= 4 is 50.4 Å². The Labute approximate surface area is 248 Å². The topological polar surface area (TPSA) is 128 Å². The SMILES string of the molecule is C=CCNC(=O)c1cnc(Nc2ccc(N3CCNC(CC(F)(F)F)C3)cc2)nc1N(C)c1cccc(N=S(C)(C)=O)n1. The maximum Gasteiger partial charge on any atom is 0.390 e. The Morgan fingerprint density at radius 1 is 1.23 bits per heavy atom. The lowest BCUT2D eigenvalue weighted by Gasteiger charge is -2.35. The Kier molecular flexibility index (Phi) is 9.86. The molecule has 3 N–H and O–H groups in total. The van der Waals surface area contributed by atoms with Gasteiger partial charge in [0.2, 0.25) is 5.95 Å². The fraction of sp³-hybridized carbons (Fsp3) is 0.357. The van der Waals surface area contributed by atoms with Crippen LogP contribution in [0.25, 0.3) is 0 Å². The summed E-state index contributed by atoms with van der Waals surface area (Å²) < 4.78 is 55.0. The second-order valence-electron chi connectivity index (χ2n) is 10.2. The van der Waals surface area contributed by atoms with Crippen molar-refractivity contribution in [2.24, 2.45) is 4.36 Å². The van der Waals surface area contributed by atoms with Crippen LogP contribution in [0.4, 0.5) is 47.9 Å². The first kappa shape index (κ1) is 31.7. The van der Waals surface area contributed by atoms with Crippen molar-refractivity contribution in [2.75, 3.05) is 60.9 Å². The molecule has 15 heteroatoms. The summed E-state index contributed by atoms with van der Waals surface area (Å²) in [6.45, 7) is 5.16. The van der Waals surface area contributed by atoms with Crippen molar-refractivity contribution in [1.29, 1.82) is 0 Å². The van der Waals surface area contributed by atoms with Gasteiger partial charge in [0.15, 0.2) is 11.6 Å². The van der Waals surface area contributed by atoms with Crippen LogP contribution in [-0.4, -0.2) is 83.0 Å². The molecular formula is C28H34F3N9O2S. The molecule has 1 amide bonds. The molecule has 2 aromatic heterocycles. The number of nitrogens with one attached hydrogen (secondary N) is 3. The molecule has 4 rings (SSSR count). The molecule has 3 aromatic rings. The zero-order valence-electron chi connectivity index (χ0n) is 24.1. The zero-order chi connectivity index (χ0) is 31.2. The molecule has 43 heavy (non-hydrogen) atoms. The molecule has 0 aliphatic carbocycles. The molecule has 0 bridgehead atoms. The van der Waals surface area contributed by atoms with Gasteiger partial charge in [-0.3, -0.25) is 4.79 Å². The molecule has 3 heterocycles. The summed E-state index contributed by atoms with van der Waals surface area (Å²) in [5.74, 6) is 0.734. The van der Waals surface area contributed by atoms with E-state index in [4.69, 9.17) is 0 Å². The van der Waals surface area contributed by atoms with Crippen LogP contribution in [0.5, 0.6) is 0 Å². The van der Waals surface area contributed by atoms with Crippen molar-refractivity contribution in [3.63, 3.8) is 0 Å². The van der Waals surface area contributed by atoms with Crippen LogP contribution < -0.4 is 25.8 Å². The number of hydrogen-bond donors (Lipinski definition) is 3. The fourth-order valence-corrected chi connectivity index (χ4v) is 5.01. The molecule has 1 aliphatic heterocycles. The number of nitrogens with zero attached hydrogens (tertiary/aromatic N) is 6. The third-order valence-electron chi connectivity index (χ3n) is 6.34. The van der Waals surface area contributed by atoms with E-state index in [9.17, 15) is 22.2 Å². The van der Waals surface area contributed by atoms with Crippen molar-refractivity contribution in [3.8, 4) is 0 Å². The van der Waals surface area contributed by atoms with Gasteiger partial charge in [-0.25, -0.2) is 14.2 Å². The van der Waals surface area contributed by atoms with Gasteiger partial charge in [-0.1, -0.05) is 12.1 Å². The van der Waals surface area contributed by atoms with Crippen LogP contribution in [0.2, 0.25) is 0 Å². The summed E-state index contributed by atoms with van der Waals surface area (Å²) in [4.78, 5) is 29.9. The minimum atomic E-state index is -4.23. The maximum atomic E-state index is 12.9. The highest BCUT2D eigenvalue weighted by Gasteiger charge is 2.34. The van der Waals surface area contributed by atoms with Gasteiger partial charge in [0.05, 0.1) is 6.42 Å². The number of anilines is 5. The van der Waals surface area contributed by atoms with Gasteiger partial charge in [0.25, 0.3) is 5.91 Å². The number of amides is 1. The van der Waals surface area contributed by atoms with E-state index >= 15 is 0 Å². The maximum absolute atomic E-state index is 12.9. The van der Waals surface area contributed by atoms with E-state index in [1.165, 1.54) is 18.7 Å². The molecule has 1 atom stereocenters. The fourth-order valence-electron chi connectivity index (χ4n) is 4.45. The molecule has 230 valence electrons. The predicted octanol–water partition coefficient (Wildman–Crippen LogP) is 4.39. The van der Waals surface area contributed by atoms with Crippen molar-refractivity contribution < 1.29 is 22.2 Å². The van der Waals surface area contributed by atoms with Crippen LogP contribution in [0.15, 0.2) is 65.7 Å². The summed E-state index contributed by atoms with van der Waals surface area (Å²) in [5, 5.41) is 8.78. The van der Waals surface area contributed by atoms with Crippen LogP contribution >= 0.6 is 0 Å². The largest absolute Gasteiger partial charge is 0.390 e. The quantitative estimate of drug-likeness (QED) is 0.284. The molecular weight excluding hydrogens is 583 g/mol. The monoisotopic (exact) mass is 617 g/mol. The number of hydrogen-bond acceptors (Lipinski definition) is 10. The number of rotatable bonds is 10. The second-order valence-corrected chi connectivity index (χ2v) is 12.7. The average Bonchev–Trinajstić information content (AvgIpc) is 2.94. The van der Waals surface area contributed by atoms with E-state index in [-0.39, 0.29) is 36.2 Å². The van der Waals surface area contributed by atoms with Crippen LogP contribution in [0.1, 0.15) is 16.8 Å². The summed E-state index contributed by atoms with van der Waals surface area (Å²) >= 11 is 0. The third-order valence-corrected chi connectivity index (χ3v) is 6.96. The lowest BCUT2D eigenvalue weighted by atomic mass is 10.1. The van der Waals surface area contributed by atoms with Gasteiger partial charge in [-0.2, -0.15) is 22.5 Å². The Morgan fingerprint density at radius 3 is 2.65 bits per heavy atom. The first-order valence-electron chi connectivity index (χ1n) is 13.4. The smallest absolute Gasteiger partial charge is 0.369 e. The molecule has 1 aliphatic rings. The molecule has 0 radical (unpaired) electrons. The van der Waals surface area contributed by atoms with E-state index in [1.807, 2.05) is 17.0 Å². The number of carbonyl (C=O) groups excluding carboxylic acids is 1.